The van der Waals surface area contributed by atoms with Crippen molar-refractivity contribution in [3.05, 3.63) is 10.4 Å². The predicted octanol–water partition coefficient (Wildman–Crippen LogP) is 2.17. The van der Waals surface area contributed by atoms with E-state index in [0.29, 0.717) is 12.8 Å². The van der Waals surface area contributed by atoms with Gasteiger partial charge >= 0.3 is 5.97 Å². The van der Waals surface area contributed by atoms with Crippen LogP contribution in [0.3, 0.4) is 0 Å². The molecule has 0 aromatic heterocycles. The number of epoxide rings is 1. The maximum absolute atomic E-state index is 11.7. The summed E-state index contributed by atoms with van der Waals surface area (Å²) < 4.78 is 22.1. The average Bonchev–Trinajstić information content (AvgIpc) is 3.18. The predicted molar refractivity (Wildman–Crippen MR) is 76.9 cm³/mol. The molecule has 2 aliphatic heterocycles. The van der Waals surface area contributed by atoms with Crippen molar-refractivity contribution in [3.8, 4) is 0 Å². The minimum atomic E-state index is -0.733. The Labute approximate surface area is 129 Å². The van der Waals surface area contributed by atoms with Gasteiger partial charge in [-0.2, -0.15) is 0 Å². The van der Waals surface area contributed by atoms with E-state index >= 15 is 0 Å². The molecule has 2 rings (SSSR count). The van der Waals surface area contributed by atoms with Crippen molar-refractivity contribution in [2.24, 2.45) is 11.0 Å². The number of methoxy groups -OCH3 is 1. The quantitative estimate of drug-likeness (QED) is 0.235. The van der Waals surface area contributed by atoms with Gasteiger partial charge in [0, 0.05) is 4.91 Å². The minimum Gasteiger partial charge on any atom is -0.469 e. The van der Waals surface area contributed by atoms with Gasteiger partial charge in [0.2, 0.25) is 0 Å². The molecule has 8 heteroatoms. The Morgan fingerprint density at radius 3 is 2.68 bits per heavy atom. The molecule has 0 saturated carbocycles. The average molecular weight is 313 g/mol. The zero-order valence-corrected chi connectivity index (χ0v) is 13.4. The Morgan fingerprint density at radius 2 is 2.09 bits per heavy atom. The summed E-state index contributed by atoms with van der Waals surface area (Å²) in [6, 6.07) is 0. The molecule has 22 heavy (non-hydrogen) atoms. The molecular formula is C14H23N3O5. The third kappa shape index (κ3) is 3.89. The van der Waals surface area contributed by atoms with Crippen LogP contribution in [0.15, 0.2) is 5.11 Å². The van der Waals surface area contributed by atoms with Gasteiger partial charge in [-0.1, -0.05) is 12.0 Å². The van der Waals surface area contributed by atoms with Crippen LogP contribution in [0.1, 0.15) is 33.6 Å². The molecule has 2 saturated heterocycles. The number of azide groups is 1. The van der Waals surface area contributed by atoms with Gasteiger partial charge in [0.25, 0.3) is 0 Å². The first kappa shape index (κ1) is 17.0. The lowest BCUT2D eigenvalue weighted by Crippen LogP contribution is -2.32. The van der Waals surface area contributed by atoms with Crippen LogP contribution in [0.5, 0.6) is 0 Å². The van der Waals surface area contributed by atoms with Crippen molar-refractivity contribution in [1.82, 2.24) is 0 Å². The number of nitrogens with zero attached hydrogens (tertiary/aromatic N) is 3. The van der Waals surface area contributed by atoms with Crippen molar-refractivity contribution in [2.45, 2.75) is 63.8 Å². The van der Waals surface area contributed by atoms with Crippen LogP contribution < -0.4 is 0 Å². The van der Waals surface area contributed by atoms with E-state index in [1.54, 1.807) is 0 Å². The highest BCUT2D eigenvalue weighted by Crippen LogP contribution is 2.41. The highest BCUT2D eigenvalue weighted by atomic mass is 16.8. The number of carbonyl (C=O) groups is 1. The normalized spacial score (nSPS) is 33.8. The molecule has 0 radical (unpaired) electrons. The fraction of sp³-hybridized carbons (Fsp3) is 0.929. The van der Waals surface area contributed by atoms with Crippen molar-refractivity contribution in [3.63, 3.8) is 0 Å². The van der Waals surface area contributed by atoms with Crippen molar-refractivity contribution < 1.29 is 23.7 Å². The minimum absolute atomic E-state index is 0.0554. The monoisotopic (exact) mass is 313 g/mol. The molecule has 0 amide bonds. The zero-order valence-electron chi connectivity index (χ0n) is 13.4. The van der Waals surface area contributed by atoms with Crippen LogP contribution in [0.25, 0.3) is 10.4 Å². The van der Waals surface area contributed by atoms with Crippen LogP contribution in [0, 0.1) is 5.92 Å². The Morgan fingerprint density at radius 1 is 1.36 bits per heavy atom. The summed E-state index contributed by atoms with van der Waals surface area (Å²) in [4.78, 5) is 14.4. The van der Waals surface area contributed by atoms with Gasteiger partial charge in [0.1, 0.15) is 12.2 Å². The Hall–Kier alpha value is -1.34. The first-order valence-electron chi connectivity index (χ1n) is 7.51. The van der Waals surface area contributed by atoms with Gasteiger partial charge in [-0.15, -0.1) is 0 Å². The summed E-state index contributed by atoms with van der Waals surface area (Å²) in [6.45, 7) is 5.78. The number of hydrogen-bond acceptors (Lipinski definition) is 6. The molecule has 0 aromatic carbocycles. The van der Waals surface area contributed by atoms with Gasteiger partial charge in [-0.05, 0) is 32.2 Å². The molecule has 0 aliphatic carbocycles. The SMILES string of the molecule is CC[C@H](C[C@H]1O[C@@H]1[C@@H]1OC(C)(C)O[C@@H]1CN=[N+]=[N-])C(=O)OC. The standard InChI is InChI=1S/C14H23N3O5/c1-5-8(13(18)19-4)6-9-11(20-9)12-10(7-16-17-15)21-14(2,3)22-12/h8-12H,5-7H2,1-4H3/t8-,9-,10-,11+,12-/m1/s1. The molecule has 2 fully saturated rings. The Balaban J connectivity index is 1.94. The molecule has 2 heterocycles. The molecule has 0 spiro atoms. The lowest BCUT2D eigenvalue weighted by Gasteiger charge is -2.16. The summed E-state index contributed by atoms with van der Waals surface area (Å²) in [6.07, 6.45) is 0.483. The van der Waals surface area contributed by atoms with E-state index in [9.17, 15) is 4.79 Å². The van der Waals surface area contributed by atoms with Crippen LogP contribution >= 0.6 is 0 Å². The molecule has 5 atom stereocenters. The third-order valence-corrected chi connectivity index (χ3v) is 4.04. The molecule has 8 nitrogen and oxygen atoms in total. The highest BCUT2D eigenvalue weighted by Gasteiger charge is 2.55. The molecule has 0 N–H and O–H groups in total. The van der Waals surface area contributed by atoms with E-state index in [-0.39, 0.29) is 42.8 Å². The van der Waals surface area contributed by atoms with Crippen LogP contribution in [0.2, 0.25) is 0 Å². The summed E-state index contributed by atoms with van der Waals surface area (Å²) in [5.41, 5.74) is 8.47. The van der Waals surface area contributed by atoms with Gasteiger partial charge in [0.15, 0.2) is 5.79 Å². The fourth-order valence-electron chi connectivity index (χ4n) is 2.91. The molecule has 0 aromatic rings. The Kier molecular flexibility index (Phi) is 5.28. The van der Waals surface area contributed by atoms with Gasteiger partial charge < -0.3 is 18.9 Å². The number of rotatable bonds is 7. The molecule has 124 valence electrons. The van der Waals surface area contributed by atoms with Gasteiger partial charge in [-0.3, -0.25) is 4.79 Å². The fourth-order valence-corrected chi connectivity index (χ4v) is 2.91. The summed E-state index contributed by atoms with van der Waals surface area (Å²) >= 11 is 0. The molecule has 0 bridgehead atoms. The lowest BCUT2D eigenvalue weighted by atomic mass is 9.97. The van der Waals surface area contributed by atoms with Crippen LogP contribution in [-0.2, 0) is 23.7 Å². The molecular weight excluding hydrogens is 290 g/mol. The van der Waals surface area contributed by atoms with E-state index in [0.717, 1.165) is 0 Å². The third-order valence-electron chi connectivity index (χ3n) is 4.04. The second-order valence-electron chi connectivity index (χ2n) is 6.06. The maximum Gasteiger partial charge on any atom is 0.308 e. The summed E-state index contributed by atoms with van der Waals surface area (Å²) in [5.74, 6) is -1.12. The lowest BCUT2D eigenvalue weighted by molar-refractivity contribution is -0.147. The summed E-state index contributed by atoms with van der Waals surface area (Å²) in [7, 11) is 1.39. The smallest absolute Gasteiger partial charge is 0.308 e. The van der Waals surface area contributed by atoms with E-state index in [2.05, 4.69) is 10.0 Å². The second kappa shape index (κ2) is 6.83. The highest BCUT2D eigenvalue weighted by molar-refractivity contribution is 5.72. The van der Waals surface area contributed by atoms with Crippen molar-refractivity contribution >= 4 is 5.97 Å². The van der Waals surface area contributed by atoms with E-state index in [4.69, 9.17) is 24.5 Å². The second-order valence-corrected chi connectivity index (χ2v) is 6.06. The summed E-state index contributed by atoms with van der Waals surface area (Å²) in [5, 5.41) is 3.57. The zero-order chi connectivity index (χ0) is 16.3. The largest absolute Gasteiger partial charge is 0.469 e. The van der Waals surface area contributed by atoms with E-state index < -0.39 is 5.79 Å². The Bertz CT molecular complexity index is 463. The number of ether oxygens (including phenoxy) is 4. The van der Waals surface area contributed by atoms with E-state index in [1.165, 1.54) is 7.11 Å². The van der Waals surface area contributed by atoms with Gasteiger partial charge in [-0.25, -0.2) is 0 Å². The first-order valence-corrected chi connectivity index (χ1v) is 7.51. The van der Waals surface area contributed by atoms with Crippen molar-refractivity contribution in [1.29, 1.82) is 0 Å². The number of esters is 1. The molecule has 0 unspecified atom stereocenters. The van der Waals surface area contributed by atoms with Crippen LogP contribution in [-0.4, -0.2) is 49.8 Å². The maximum atomic E-state index is 11.7. The first-order chi connectivity index (χ1) is 10.4. The number of hydrogen-bond donors (Lipinski definition) is 0. The molecule has 2 aliphatic rings. The topological polar surface area (TPSA) is 106 Å². The van der Waals surface area contributed by atoms with Crippen molar-refractivity contribution in [2.75, 3.05) is 13.7 Å². The van der Waals surface area contributed by atoms with Gasteiger partial charge in [0.05, 0.1) is 31.8 Å². The van der Waals surface area contributed by atoms with E-state index in [1.807, 2.05) is 20.8 Å². The van der Waals surface area contributed by atoms with Crippen LogP contribution in [0.4, 0.5) is 0 Å². The number of carbonyl (C=O) groups excluding carboxylic acids is 1.